The highest BCUT2D eigenvalue weighted by atomic mass is 32.2. The van der Waals surface area contributed by atoms with Crippen LogP contribution in [0.2, 0.25) is 0 Å². The van der Waals surface area contributed by atoms with Gasteiger partial charge in [0.05, 0.1) is 29.9 Å². The van der Waals surface area contributed by atoms with Gasteiger partial charge in [-0.2, -0.15) is 5.10 Å². The van der Waals surface area contributed by atoms with Gasteiger partial charge in [-0.3, -0.25) is 9.82 Å². The van der Waals surface area contributed by atoms with Crippen molar-refractivity contribution in [3.05, 3.63) is 78.4 Å². The van der Waals surface area contributed by atoms with Crippen molar-refractivity contribution < 1.29 is 22.3 Å². The van der Waals surface area contributed by atoms with E-state index in [2.05, 4.69) is 19.9 Å². The number of benzene rings is 2. The molecule has 0 fully saturated rings. The van der Waals surface area contributed by atoms with E-state index in [0.717, 1.165) is 29.0 Å². The topological polar surface area (TPSA) is 122 Å². The van der Waals surface area contributed by atoms with Crippen molar-refractivity contribution in [1.82, 2.24) is 20.2 Å². The van der Waals surface area contributed by atoms with Crippen molar-refractivity contribution >= 4 is 32.4 Å². The summed E-state index contributed by atoms with van der Waals surface area (Å²) in [6, 6.07) is 15.5. The normalized spacial score (nSPS) is 11.4. The standard InChI is InChI=1S/C27H25FN6O4S/c1-16-26-23(32-31-16)14-22(30-27(26)38-20-10-12-25(29-15-20)34(2)3)17-5-7-18(8-6-17)33-39(35,36)24-13-19(37-4)9-11-21(24)28/h5-15,33H,1-4H3,(H,31,32). The van der Waals surface area contributed by atoms with Gasteiger partial charge in [0.25, 0.3) is 10.0 Å². The first kappa shape index (κ1) is 25.9. The fraction of sp³-hybridized carbons (Fsp3) is 0.148. The first-order chi connectivity index (χ1) is 18.6. The van der Waals surface area contributed by atoms with E-state index in [1.807, 2.05) is 44.1 Å². The van der Waals surface area contributed by atoms with Crippen LogP contribution in [0.3, 0.4) is 0 Å². The predicted octanol–water partition coefficient (Wildman–Crippen LogP) is 5.14. The summed E-state index contributed by atoms with van der Waals surface area (Å²) in [7, 11) is 0.986. The summed E-state index contributed by atoms with van der Waals surface area (Å²) in [5, 5.41) is 8.06. The molecule has 10 nitrogen and oxygen atoms in total. The second-order valence-electron chi connectivity index (χ2n) is 8.88. The van der Waals surface area contributed by atoms with Crippen LogP contribution in [0.25, 0.3) is 22.2 Å². The quantitative estimate of drug-likeness (QED) is 0.274. The van der Waals surface area contributed by atoms with E-state index in [4.69, 9.17) is 14.5 Å². The predicted molar refractivity (Wildman–Crippen MR) is 146 cm³/mol. The molecule has 200 valence electrons. The summed E-state index contributed by atoms with van der Waals surface area (Å²) >= 11 is 0. The van der Waals surface area contributed by atoms with E-state index in [1.165, 1.54) is 13.2 Å². The number of pyridine rings is 2. The number of methoxy groups -OCH3 is 1. The molecule has 0 spiro atoms. The first-order valence-electron chi connectivity index (χ1n) is 11.8. The lowest BCUT2D eigenvalue weighted by atomic mass is 10.1. The Balaban J connectivity index is 1.44. The maximum Gasteiger partial charge on any atom is 0.264 e. The monoisotopic (exact) mass is 548 g/mol. The van der Waals surface area contributed by atoms with Gasteiger partial charge in [-0.1, -0.05) is 12.1 Å². The second-order valence-corrected chi connectivity index (χ2v) is 10.5. The molecule has 3 heterocycles. The Kier molecular flexibility index (Phi) is 6.79. The number of ether oxygens (including phenoxy) is 2. The van der Waals surface area contributed by atoms with Crippen LogP contribution in [-0.4, -0.2) is 49.8 Å². The maximum atomic E-state index is 14.3. The van der Waals surface area contributed by atoms with Crippen LogP contribution in [-0.2, 0) is 10.0 Å². The van der Waals surface area contributed by atoms with E-state index in [1.54, 1.807) is 30.5 Å². The molecule has 3 aromatic heterocycles. The van der Waals surface area contributed by atoms with Crippen LogP contribution in [0.15, 0.2) is 71.8 Å². The van der Waals surface area contributed by atoms with Crippen molar-refractivity contribution in [2.24, 2.45) is 0 Å². The van der Waals surface area contributed by atoms with E-state index >= 15 is 0 Å². The fourth-order valence-corrected chi connectivity index (χ4v) is 5.07. The number of aryl methyl sites for hydroxylation is 1. The van der Waals surface area contributed by atoms with Crippen LogP contribution < -0.4 is 19.1 Å². The number of nitrogens with zero attached hydrogens (tertiary/aromatic N) is 4. The molecular weight excluding hydrogens is 523 g/mol. The Morgan fingerprint density at radius 1 is 1.00 bits per heavy atom. The number of aromatic nitrogens is 4. The molecular formula is C27H25FN6O4S. The van der Waals surface area contributed by atoms with Gasteiger partial charge in [-0.15, -0.1) is 0 Å². The molecule has 0 saturated heterocycles. The van der Waals surface area contributed by atoms with Gasteiger partial charge in [0.15, 0.2) is 0 Å². The molecule has 0 aliphatic carbocycles. The highest BCUT2D eigenvalue weighted by Crippen LogP contribution is 2.34. The Labute approximate surface area is 224 Å². The molecule has 39 heavy (non-hydrogen) atoms. The van der Waals surface area contributed by atoms with Crippen LogP contribution in [0.4, 0.5) is 15.9 Å². The van der Waals surface area contributed by atoms with E-state index in [0.29, 0.717) is 28.4 Å². The molecule has 0 unspecified atom stereocenters. The second kappa shape index (κ2) is 10.2. The van der Waals surface area contributed by atoms with Crippen molar-refractivity contribution in [2.45, 2.75) is 11.8 Å². The molecule has 0 saturated carbocycles. The molecule has 0 bridgehead atoms. The van der Waals surface area contributed by atoms with Gasteiger partial charge in [0.1, 0.15) is 28.0 Å². The average Bonchev–Trinajstić information content (AvgIpc) is 3.30. The Bertz CT molecular complexity index is 1750. The number of rotatable bonds is 8. The van der Waals surface area contributed by atoms with Gasteiger partial charge in [-0.05, 0) is 49.4 Å². The number of nitrogens with one attached hydrogen (secondary N) is 2. The SMILES string of the molecule is COc1ccc(F)c(S(=O)(=O)Nc2ccc(-c3cc4n[nH]c(C)c4c(Oc4ccc(N(C)C)nc4)n3)cc2)c1. The lowest BCUT2D eigenvalue weighted by Crippen LogP contribution is -2.14. The van der Waals surface area contributed by atoms with Crippen LogP contribution in [0, 0.1) is 12.7 Å². The molecule has 0 aliphatic rings. The summed E-state index contributed by atoms with van der Waals surface area (Å²) in [5.41, 5.74) is 2.96. The Morgan fingerprint density at radius 3 is 2.41 bits per heavy atom. The molecule has 2 aromatic carbocycles. The summed E-state index contributed by atoms with van der Waals surface area (Å²) in [4.78, 5) is 10.5. The lowest BCUT2D eigenvalue weighted by Gasteiger charge is -2.13. The number of anilines is 2. The number of aromatic amines is 1. The molecule has 5 rings (SSSR count). The van der Waals surface area contributed by atoms with Gasteiger partial charge in [-0.25, -0.2) is 22.8 Å². The number of sulfonamides is 1. The zero-order valence-electron chi connectivity index (χ0n) is 21.6. The van der Waals surface area contributed by atoms with Crippen molar-refractivity contribution in [3.63, 3.8) is 0 Å². The maximum absolute atomic E-state index is 14.3. The summed E-state index contributed by atoms with van der Waals surface area (Å²) in [6.45, 7) is 1.88. The van der Waals surface area contributed by atoms with E-state index in [-0.39, 0.29) is 11.4 Å². The molecule has 0 amide bonds. The summed E-state index contributed by atoms with van der Waals surface area (Å²) < 4.78 is 53.4. The van der Waals surface area contributed by atoms with Gasteiger partial charge in [0, 0.05) is 37.1 Å². The molecule has 0 atom stereocenters. The largest absolute Gasteiger partial charge is 0.497 e. The van der Waals surface area contributed by atoms with Gasteiger partial charge < -0.3 is 14.4 Å². The highest BCUT2D eigenvalue weighted by Gasteiger charge is 2.21. The molecule has 0 radical (unpaired) electrons. The third-order valence-corrected chi connectivity index (χ3v) is 7.34. The number of hydrogen-bond donors (Lipinski definition) is 2. The number of halogens is 1. The Morgan fingerprint density at radius 2 is 1.74 bits per heavy atom. The minimum atomic E-state index is -4.19. The van der Waals surface area contributed by atoms with Crippen molar-refractivity contribution in [2.75, 3.05) is 30.8 Å². The van der Waals surface area contributed by atoms with Crippen LogP contribution >= 0.6 is 0 Å². The summed E-state index contributed by atoms with van der Waals surface area (Å²) in [6.07, 6.45) is 1.62. The fourth-order valence-electron chi connectivity index (χ4n) is 3.92. The van der Waals surface area contributed by atoms with Gasteiger partial charge >= 0.3 is 0 Å². The van der Waals surface area contributed by atoms with E-state index in [9.17, 15) is 12.8 Å². The lowest BCUT2D eigenvalue weighted by molar-refractivity contribution is 0.411. The van der Waals surface area contributed by atoms with Crippen molar-refractivity contribution in [1.29, 1.82) is 0 Å². The van der Waals surface area contributed by atoms with Crippen LogP contribution in [0.5, 0.6) is 17.4 Å². The smallest absolute Gasteiger partial charge is 0.264 e. The zero-order valence-corrected chi connectivity index (χ0v) is 22.4. The number of H-pyrrole nitrogens is 1. The van der Waals surface area contributed by atoms with Gasteiger partial charge in [0.2, 0.25) is 5.88 Å². The summed E-state index contributed by atoms with van der Waals surface area (Å²) in [5.74, 6) is 1.00. The highest BCUT2D eigenvalue weighted by molar-refractivity contribution is 7.92. The number of hydrogen-bond acceptors (Lipinski definition) is 8. The van der Waals surface area contributed by atoms with E-state index < -0.39 is 20.7 Å². The molecule has 0 aliphatic heterocycles. The van der Waals surface area contributed by atoms with Crippen molar-refractivity contribution in [3.8, 4) is 28.6 Å². The first-order valence-corrected chi connectivity index (χ1v) is 13.3. The zero-order chi connectivity index (χ0) is 27.7. The minimum Gasteiger partial charge on any atom is -0.497 e. The average molecular weight is 549 g/mol. The minimum absolute atomic E-state index is 0.227. The molecule has 2 N–H and O–H groups in total. The third kappa shape index (κ3) is 5.32. The third-order valence-electron chi connectivity index (χ3n) is 5.94. The molecule has 5 aromatic rings. The number of fused-ring (bicyclic) bond motifs is 1. The molecule has 12 heteroatoms. The Hall–Kier alpha value is -4.71. The van der Waals surface area contributed by atoms with Crippen LogP contribution in [0.1, 0.15) is 5.69 Å².